The molecule has 3 rings (SSSR count). The van der Waals surface area contributed by atoms with E-state index in [1.807, 2.05) is 11.0 Å². The van der Waals surface area contributed by atoms with Gasteiger partial charge in [-0.15, -0.1) is 0 Å². The molecule has 6 nitrogen and oxygen atoms in total. The Hall–Kier alpha value is -1.82. The van der Waals surface area contributed by atoms with E-state index < -0.39 is 0 Å². The smallest absolute Gasteiger partial charge is 0.321 e. The lowest BCUT2D eigenvalue weighted by Crippen LogP contribution is -2.50. The van der Waals surface area contributed by atoms with Crippen molar-refractivity contribution in [3.63, 3.8) is 0 Å². The Bertz CT molecular complexity index is 499. The molecule has 2 saturated heterocycles. The average molecular weight is 304 g/mol. The van der Waals surface area contributed by atoms with Crippen LogP contribution in [0.4, 0.5) is 10.5 Å². The fourth-order valence-electron chi connectivity index (χ4n) is 3.32. The molecule has 3 heterocycles. The molecular weight excluding hydrogens is 280 g/mol. The molecule has 0 bridgehead atoms. The van der Waals surface area contributed by atoms with Gasteiger partial charge in [0.1, 0.15) is 0 Å². The summed E-state index contributed by atoms with van der Waals surface area (Å²) in [5.41, 5.74) is 0.703. The van der Waals surface area contributed by atoms with E-state index in [0.29, 0.717) is 17.6 Å². The van der Waals surface area contributed by atoms with Crippen molar-refractivity contribution in [1.29, 1.82) is 0 Å². The summed E-state index contributed by atoms with van der Waals surface area (Å²) in [6, 6.07) is 4.05. The number of anilines is 1. The van der Waals surface area contributed by atoms with Crippen molar-refractivity contribution >= 4 is 11.7 Å². The molecule has 120 valence electrons. The van der Waals surface area contributed by atoms with Crippen molar-refractivity contribution in [1.82, 2.24) is 14.8 Å². The number of piperidine rings is 1. The zero-order valence-electron chi connectivity index (χ0n) is 13.1. The van der Waals surface area contributed by atoms with Gasteiger partial charge < -0.3 is 15.0 Å². The van der Waals surface area contributed by atoms with Crippen LogP contribution >= 0.6 is 0 Å². The Morgan fingerprint density at radius 2 is 2.09 bits per heavy atom. The van der Waals surface area contributed by atoms with Gasteiger partial charge in [0.05, 0.1) is 19.0 Å². The monoisotopic (exact) mass is 304 g/mol. The molecule has 0 radical (unpaired) electrons. The molecule has 2 aliphatic heterocycles. The molecule has 2 fully saturated rings. The predicted octanol–water partition coefficient (Wildman–Crippen LogP) is 2.18. The van der Waals surface area contributed by atoms with Gasteiger partial charge in [-0.05, 0) is 44.8 Å². The molecule has 1 N–H and O–H groups in total. The van der Waals surface area contributed by atoms with Crippen LogP contribution in [-0.2, 0) is 0 Å². The number of nitrogens with one attached hydrogen (secondary N) is 1. The SMILES string of the molecule is COc1ccc(NC(=O)N2CCCC(N3CCCC3)C2)cn1. The van der Waals surface area contributed by atoms with E-state index in [0.717, 1.165) is 19.5 Å². The molecule has 22 heavy (non-hydrogen) atoms. The first-order valence-corrected chi connectivity index (χ1v) is 8.06. The molecule has 0 aromatic carbocycles. The Morgan fingerprint density at radius 3 is 2.77 bits per heavy atom. The maximum absolute atomic E-state index is 12.4. The molecule has 6 heteroatoms. The van der Waals surface area contributed by atoms with Crippen LogP contribution in [0.15, 0.2) is 18.3 Å². The first-order valence-electron chi connectivity index (χ1n) is 8.06. The third kappa shape index (κ3) is 3.50. The average Bonchev–Trinajstić information content (AvgIpc) is 3.10. The van der Waals surface area contributed by atoms with Gasteiger partial charge >= 0.3 is 6.03 Å². The van der Waals surface area contributed by atoms with Crippen molar-refractivity contribution in [3.05, 3.63) is 18.3 Å². The maximum atomic E-state index is 12.4. The van der Waals surface area contributed by atoms with Gasteiger partial charge in [-0.2, -0.15) is 0 Å². The highest BCUT2D eigenvalue weighted by Gasteiger charge is 2.29. The van der Waals surface area contributed by atoms with Gasteiger partial charge in [-0.25, -0.2) is 9.78 Å². The topological polar surface area (TPSA) is 57.7 Å². The number of hydrogen-bond acceptors (Lipinski definition) is 4. The number of nitrogens with zero attached hydrogens (tertiary/aromatic N) is 3. The Kier molecular flexibility index (Phi) is 4.77. The van der Waals surface area contributed by atoms with E-state index in [1.54, 1.807) is 19.4 Å². The van der Waals surface area contributed by atoms with E-state index in [2.05, 4.69) is 15.2 Å². The number of likely N-dealkylation sites (tertiary alicyclic amines) is 2. The van der Waals surface area contributed by atoms with Gasteiger partial charge in [-0.3, -0.25) is 4.90 Å². The summed E-state index contributed by atoms with van der Waals surface area (Å²) < 4.78 is 5.02. The zero-order valence-corrected chi connectivity index (χ0v) is 13.1. The minimum Gasteiger partial charge on any atom is -0.481 e. The molecule has 1 aromatic rings. The standard InChI is InChI=1S/C16H24N4O2/c1-22-15-7-6-13(11-17-15)18-16(21)20-10-4-5-14(12-20)19-8-2-3-9-19/h6-7,11,14H,2-5,8-10,12H2,1H3,(H,18,21). The number of amides is 2. The Balaban J connectivity index is 1.56. The summed E-state index contributed by atoms with van der Waals surface area (Å²) in [6.07, 6.45) is 6.49. The second-order valence-electron chi connectivity index (χ2n) is 6.00. The molecule has 0 saturated carbocycles. The van der Waals surface area contributed by atoms with Crippen molar-refractivity contribution in [2.45, 2.75) is 31.7 Å². The van der Waals surface area contributed by atoms with Gasteiger partial charge in [0.25, 0.3) is 0 Å². The number of carbonyl (C=O) groups is 1. The highest BCUT2D eigenvalue weighted by molar-refractivity contribution is 5.89. The molecule has 0 aliphatic carbocycles. The van der Waals surface area contributed by atoms with Crippen molar-refractivity contribution in [3.8, 4) is 5.88 Å². The summed E-state index contributed by atoms with van der Waals surface area (Å²) in [5, 5.41) is 2.92. The van der Waals surface area contributed by atoms with Crippen LogP contribution in [0.1, 0.15) is 25.7 Å². The van der Waals surface area contributed by atoms with E-state index in [1.165, 1.54) is 32.4 Å². The third-order valence-electron chi connectivity index (χ3n) is 4.54. The van der Waals surface area contributed by atoms with Crippen LogP contribution in [-0.4, -0.2) is 60.1 Å². The van der Waals surface area contributed by atoms with Gasteiger partial charge in [0, 0.05) is 25.2 Å². The lowest BCUT2D eigenvalue weighted by molar-refractivity contribution is 0.132. The Morgan fingerprint density at radius 1 is 1.27 bits per heavy atom. The predicted molar refractivity (Wildman–Crippen MR) is 85.2 cm³/mol. The molecule has 2 amide bonds. The molecule has 2 aliphatic rings. The number of rotatable bonds is 3. The highest BCUT2D eigenvalue weighted by Crippen LogP contribution is 2.21. The quantitative estimate of drug-likeness (QED) is 0.930. The fraction of sp³-hybridized carbons (Fsp3) is 0.625. The molecule has 1 atom stereocenters. The van der Waals surface area contributed by atoms with E-state index in [4.69, 9.17) is 4.74 Å². The molecule has 0 spiro atoms. The van der Waals surface area contributed by atoms with Crippen LogP contribution in [0, 0.1) is 0 Å². The largest absolute Gasteiger partial charge is 0.481 e. The summed E-state index contributed by atoms with van der Waals surface area (Å²) in [7, 11) is 1.58. The van der Waals surface area contributed by atoms with Gasteiger partial charge in [0.2, 0.25) is 5.88 Å². The van der Waals surface area contributed by atoms with Crippen LogP contribution < -0.4 is 10.1 Å². The Labute approximate surface area is 131 Å². The van der Waals surface area contributed by atoms with Crippen molar-refractivity contribution in [2.75, 3.05) is 38.6 Å². The molecular formula is C16H24N4O2. The number of hydrogen-bond donors (Lipinski definition) is 1. The van der Waals surface area contributed by atoms with Crippen LogP contribution in [0.25, 0.3) is 0 Å². The molecule has 1 aromatic heterocycles. The number of methoxy groups -OCH3 is 1. The van der Waals surface area contributed by atoms with Gasteiger partial charge in [0.15, 0.2) is 0 Å². The maximum Gasteiger partial charge on any atom is 0.321 e. The van der Waals surface area contributed by atoms with E-state index in [9.17, 15) is 4.79 Å². The minimum absolute atomic E-state index is 0.0316. The van der Waals surface area contributed by atoms with Crippen LogP contribution in [0.2, 0.25) is 0 Å². The number of ether oxygens (including phenoxy) is 1. The first kappa shape index (κ1) is 15.1. The summed E-state index contributed by atoms with van der Waals surface area (Å²) >= 11 is 0. The third-order valence-corrected chi connectivity index (χ3v) is 4.54. The van der Waals surface area contributed by atoms with E-state index >= 15 is 0 Å². The van der Waals surface area contributed by atoms with Crippen molar-refractivity contribution in [2.24, 2.45) is 0 Å². The van der Waals surface area contributed by atoms with Crippen LogP contribution in [0.5, 0.6) is 5.88 Å². The van der Waals surface area contributed by atoms with E-state index in [-0.39, 0.29) is 6.03 Å². The lowest BCUT2D eigenvalue weighted by atomic mass is 10.0. The number of aromatic nitrogens is 1. The second-order valence-corrected chi connectivity index (χ2v) is 6.00. The second kappa shape index (κ2) is 6.96. The summed E-state index contributed by atoms with van der Waals surface area (Å²) in [6.45, 7) is 4.03. The first-order chi connectivity index (χ1) is 10.8. The summed E-state index contributed by atoms with van der Waals surface area (Å²) in [5.74, 6) is 0.546. The minimum atomic E-state index is -0.0316. The number of carbonyl (C=O) groups excluding carboxylic acids is 1. The number of urea groups is 1. The molecule has 1 unspecified atom stereocenters. The lowest BCUT2D eigenvalue weighted by Gasteiger charge is -2.37. The summed E-state index contributed by atoms with van der Waals surface area (Å²) in [4.78, 5) is 21.0. The van der Waals surface area contributed by atoms with Crippen molar-refractivity contribution < 1.29 is 9.53 Å². The highest BCUT2D eigenvalue weighted by atomic mass is 16.5. The van der Waals surface area contributed by atoms with Gasteiger partial charge in [-0.1, -0.05) is 0 Å². The normalized spacial score (nSPS) is 22.6. The number of pyridine rings is 1. The van der Waals surface area contributed by atoms with Crippen LogP contribution in [0.3, 0.4) is 0 Å². The zero-order chi connectivity index (χ0) is 15.4. The fourth-order valence-corrected chi connectivity index (χ4v) is 3.32.